The first-order valence-corrected chi connectivity index (χ1v) is 8.70. The molecule has 0 fully saturated rings. The van der Waals surface area contributed by atoms with Crippen molar-refractivity contribution in [2.24, 2.45) is 0 Å². The highest BCUT2D eigenvalue weighted by Crippen LogP contribution is 2.18. The Morgan fingerprint density at radius 2 is 1.73 bits per heavy atom. The zero-order valence-electron chi connectivity index (χ0n) is 14.9. The summed E-state index contributed by atoms with van der Waals surface area (Å²) in [6.07, 6.45) is 0. The lowest BCUT2D eigenvalue weighted by atomic mass is 10.1. The average Bonchev–Trinajstić information content (AvgIpc) is 2.96. The zero-order valence-corrected chi connectivity index (χ0v) is 14.9. The number of hydrogen-bond donors (Lipinski definition) is 1. The van der Waals surface area contributed by atoms with Crippen molar-refractivity contribution in [3.05, 3.63) is 71.7 Å². The molecule has 2 aromatic carbocycles. The Bertz CT molecular complexity index is 1110. The van der Waals surface area contributed by atoms with Crippen LogP contribution < -0.4 is 5.32 Å². The normalized spacial score (nSPS) is 11.2. The fourth-order valence-electron chi connectivity index (χ4n) is 3.35. The summed E-state index contributed by atoms with van der Waals surface area (Å²) in [5, 5.41) is 3.91. The zero-order chi connectivity index (χ0) is 18.1. The van der Waals surface area contributed by atoms with Gasteiger partial charge in [0.1, 0.15) is 5.82 Å². The van der Waals surface area contributed by atoms with E-state index >= 15 is 0 Å². The summed E-state index contributed by atoms with van der Waals surface area (Å²) in [6.45, 7) is 5.11. The van der Waals surface area contributed by atoms with Crippen molar-refractivity contribution in [1.82, 2.24) is 19.9 Å². The van der Waals surface area contributed by atoms with Crippen LogP contribution in [0.2, 0.25) is 0 Å². The van der Waals surface area contributed by atoms with Gasteiger partial charge in [0.15, 0.2) is 0 Å². The molecule has 0 aliphatic heterocycles. The Hall–Kier alpha value is -3.21. The molecule has 0 saturated heterocycles. The number of nitrogens with one attached hydrogen (secondary N) is 1. The van der Waals surface area contributed by atoms with Crippen molar-refractivity contribution in [3.8, 4) is 0 Å². The van der Waals surface area contributed by atoms with Crippen LogP contribution in [-0.4, -0.2) is 27.0 Å². The summed E-state index contributed by atoms with van der Waals surface area (Å²) in [7, 11) is 0. The van der Waals surface area contributed by atoms with Gasteiger partial charge < -0.3 is 9.88 Å². The van der Waals surface area contributed by atoms with Crippen LogP contribution in [0.4, 0.5) is 0 Å². The first kappa shape index (κ1) is 16.3. The summed E-state index contributed by atoms with van der Waals surface area (Å²) in [6, 6.07) is 17.6. The lowest BCUT2D eigenvalue weighted by molar-refractivity contribution is 0.0954. The van der Waals surface area contributed by atoms with E-state index in [-0.39, 0.29) is 5.91 Å². The lowest BCUT2D eigenvalue weighted by Crippen LogP contribution is -2.27. The number of benzene rings is 2. The second-order valence-corrected chi connectivity index (χ2v) is 6.38. The Labute approximate surface area is 151 Å². The van der Waals surface area contributed by atoms with E-state index < -0.39 is 0 Å². The number of imidazole rings is 1. The first-order chi connectivity index (χ1) is 12.6. The molecule has 0 atom stereocenters. The van der Waals surface area contributed by atoms with Crippen LogP contribution in [-0.2, 0) is 6.54 Å². The van der Waals surface area contributed by atoms with E-state index in [4.69, 9.17) is 0 Å². The highest BCUT2D eigenvalue weighted by atomic mass is 16.1. The second-order valence-electron chi connectivity index (χ2n) is 6.38. The molecule has 2 aromatic heterocycles. The molecule has 130 valence electrons. The van der Waals surface area contributed by atoms with Crippen LogP contribution in [0.3, 0.4) is 0 Å². The van der Waals surface area contributed by atoms with E-state index in [1.54, 1.807) is 0 Å². The maximum absolute atomic E-state index is 12.7. The van der Waals surface area contributed by atoms with E-state index in [2.05, 4.69) is 25.9 Å². The van der Waals surface area contributed by atoms with Gasteiger partial charge in [-0.15, -0.1) is 0 Å². The van der Waals surface area contributed by atoms with Crippen molar-refractivity contribution >= 4 is 27.8 Å². The summed E-state index contributed by atoms with van der Waals surface area (Å²) in [5.41, 5.74) is 4.41. The van der Waals surface area contributed by atoms with Gasteiger partial charge >= 0.3 is 0 Å². The van der Waals surface area contributed by atoms with Gasteiger partial charge in [-0.1, -0.05) is 30.3 Å². The summed E-state index contributed by atoms with van der Waals surface area (Å²) in [5.74, 6) is 0.874. The number of amides is 1. The van der Waals surface area contributed by atoms with Crippen molar-refractivity contribution in [2.75, 3.05) is 6.54 Å². The quantitative estimate of drug-likeness (QED) is 0.615. The smallest absolute Gasteiger partial charge is 0.252 e. The summed E-state index contributed by atoms with van der Waals surface area (Å²) >= 11 is 0. The van der Waals surface area contributed by atoms with Crippen LogP contribution in [0, 0.1) is 13.8 Å². The van der Waals surface area contributed by atoms with Gasteiger partial charge in [-0.05, 0) is 38.1 Å². The van der Waals surface area contributed by atoms with Crippen molar-refractivity contribution in [1.29, 1.82) is 0 Å². The minimum Gasteiger partial charge on any atom is -0.350 e. The van der Waals surface area contributed by atoms with Crippen LogP contribution in [0.15, 0.2) is 54.6 Å². The van der Waals surface area contributed by atoms with Gasteiger partial charge in [-0.25, -0.2) is 4.98 Å². The predicted octanol–water partition coefficient (Wildman–Crippen LogP) is 3.63. The van der Waals surface area contributed by atoms with Crippen LogP contribution in [0.25, 0.3) is 21.9 Å². The fourth-order valence-corrected chi connectivity index (χ4v) is 3.35. The molecule has 5 nitrogen and oxygen atoms in total. The number of fused-ring (bicyclic) bond motifs is 2. The Kier molecular flexibility index (Phi) is 4.13. The van der Waals surface area contributed by atoms with E-state index in [1.165, 1.54) is 0 Å². The second kappa shape index (κ2) is 6.59. The molecule has 1 N–H and O–H groups in total. The molecule has 4 rings (SSSR count). The third kappa shape index (κ3) is 2.92. The number of hydrogen-bond acceptors (Lipinski definition) is 3. The predicted molar refractivity (Wildman–Crippen MR) is 103 cm³/mol. The topological polar surface area (TPSA) is 59.8 Å². The molecule has 0 radical (unpaired) electrons. The lowest BCUT2D eigenvalue weighted by Gasteiger charge is -2.11. The molecular formula is C21H20N4O. The third-order valence-electron chi connectivity index (χ3n) is 4.56. The maximum Gasteiger partial charge on any atom is 0.252 e. The van der Waals surface area contributed by atoms with E-state index in [0.29, 0.717) is 18.7 Å². The highest BCUT2D eigenvalue weighted by molar-refractivity contribution is 6.06. The van der Waals surface area contributed by atoms with Crippen LogP contribution in [0.1, 0.15) is 21.9 Å². The first-order valence-electron chi connectivity index (χ1n) is 8.70. The van der Waals surface area contributed by atoms with Gasteiger partial charge in [0.2, 0.25) is 0 Å². The van der Waals surface area contributed by atoms with E-state index in [1.807, 2.05) is 62.4 Å². The maximum atomic E-state index is 12.7. The molecule has 4 aromatic rings. The molecule has 0 aliphatic rings. The number of aromatic nitrogens is 3. The van der Waals surface area contributed by atoms with Crippen LogP contribution >= 0.6 is 0 Å². The molecule has 0 aliphatic carbocycles. The number of pyridine rings is 1. The molecule has 1 amide bonds. The monoisotopic (exact) mass is 344 g/mol. The Balaban J connectivity index is 1.54. The van der Waals surface area contributed by atoms with Gasteiger partial charge in [-0.3, -0.25) is 9.78 Å². The molecule has 0 saturated carbocycles. The van der Waals surface area contributed by atoms with Crippen LogP contribution in [0.5, 0.6) is 0 Å². The van der Waals surface area contributed by atoms with Crippen molar-refractivity contribution in [2.45, 2.75) is 20.4 Å². The number of carbonyl (C=O) groups is 1. The number of aryl methyl sites for hydroxylation is 2. The van der Waals surface area contributed by atoms with Gasteiger partial charge in [0.05, 0.1) is 22.1 Å². The van der Waals surface area contributed by atoms with E-state index in [9.17, 15) is 4.79 Å². The Morgan fingerprint density at radius 1 is 1.00 bits per heavy atom. The fraction of sp³-hybridized carbons (Fsp3) is 0.190. The van der Waals surface area contributed by atoms with Gasteiger partial charge in [0.25, 0.3) is 5.91 Å². The number of rotatable bonds is 4. The highest BCUT2D eigenvalue weighted by Gasteiger charge is 2.12. The molecule has 2 heterocycles. The summed E-state index contributed by atoms with van der Waals surface area (Å²) in [4.78, 5) is 21.8. The number of carbonyl (C=O) groups excluding carboxylic acids is 1. The standard InChI is InChI=1S/C21H20N4O/c1-14-13-17(16-7-3-4-8-18(16)23-14)21(26)22-11-12-25-15(2)24-19-9-5-6-10-20(19)25/h3-10,13H,11-12H2,1-2H3,(H,22,26). The van der Waals surface area contributed by atoms with Gasteiger partial charge in [-0.2, -0.15) is 0 Å². The molecular weight excluding hydrogens is 324 g/mol. The molecule has 26 heavy (non-hydrogen) atoms. The number of para-hydroxylation sites is 3. The minimum atomic E-state index is -0.0752. The van der Waals surface area contributed by atoms with Crippen molar-refractivity contribution in [3.63, 3.8) is 0 Å². The Morgan fingerprint density at radius 3 is 2.58 bits per heavy atom. The molecule has 0 unspecified atom stereocenters. The van der Waals surface area contributed by atoms with E-state index in [0.717, 1.165) is 33.5 Å². The minimum absolute atomic E-state index is 0.0752. The molecule has 0 spiro atoms. The summed E-state index contributed by atoms with van der Waals surface area (Å²) < 4.78 is 2.13. The molecule has 5 heteroatoms. The third-order valence-corrected chi connectivity index (χ3v) is 4.56. The van der Waals surface area contributed by atoms with Crippen molar-refractivity contribution < 1.29 is 4.79 Å². The van der Waals surface area contributed by atoms with Gasteiger partial charge in [0, 0.05) is 24.2 Å². The SMILES string of the molecule is Cc1cc(C(=O)NCCn2c(C)nc3ccccc32)c2ccccc2n1. The molecule has 0 bridgehead atoms. The average molecular weight is 344 g/mol. The number of nitrogens with zero attached hydrogens (tertiary/aromatic N) is 3. The largest absolute Gasteiger partial charge is 0.350 e.